The normalized spacial score (nSPS) is 47.4. The first-order chi connectivity index (χ1) is 26.3. The van der Waals surface area contributed by atoms with Crippen molar-refractivity contribution in [1.29, 1.82) is 0 Å². The Morgan fingerprint density at radius 3 is 1.38 bits per heavy atom. The first kappa shape index (κ1) is 42.2. The molecule has 4 aliphatic carbocycles. The largest absolute Gasteiger partial charge is 0.461 e. The van der Waals surface area contributed by atoms with Crippen LogP contribution in [0.25, 0.3) is 0 Å². The van der Waals surface area contributed by atoms with E-state index in [-0.39, 0.29) is 0 Å². The van der Waals surface area contributed by atoms with Gasteiger partial charge in [-0.3, -0.25) is 19.2 Å². The smallest absolute Gasteiger partial charge is 0.378 e. The molecular formula is C34H46O22. The number of fused-ring (bicyclic) bond motifs is 4. The van der Waals surface area contributed by atoms with E-state index in [1.165, 1.54) is 0 Å². The summed E-state index contributed by atoms with van der Waals surface area (Å²) < 4.78 is 27.3. The average molecular weight is 807 g/mol. The molecular weight excluding hydrogens is 760 g/mol. The summed E-state index contributed by atoms with van der Waals surface area (Å²) in [4.78, 5) is 68.5. The second-order valence-corrected chi connectivity index (χ2v) is 15.5. The molecule has 0 amide bonds. The van der Waals surface area contributed by atoms with E-state index in [1.807, 2.05) is 0 Å². The van der Waals surface area contributed by atoms with Crippen molar-refractivity contribution < 1.29 is 109 Å². The van der Waals surface area contributed by atoms with Crippen LogP contribution in [0.15, 0.2) is 11.5 Å². The fourth-order valence-corrected chi connectivity index (χ4v) is 8.77. The van der Waals surface area contributed by atoms with E-state index in [1.54, 1.807) is 0 Å². The Balaban J connectivity index is 1.42. The highest BCUT2D eigenvalue weighted by Gasteiger charge is 2.59. The molecule has 0 aromatic carbocycles. The molecule has 6 aliphatic rings. The van der Waals surface area contributed by atoms with Crippen molar-refractivity contribution in [1.82, 2.24) is 0 Å². The highest BCUT2D eigenvalue weighted by molar-refractivity contribution is 5.92. The zero-order valence-corrected chi connectivity index (χ0v) is 29.4. The van der Waals surface area contributed by atoms with E-state index >= 15 is 0 Å². The Morgan fingerprint density at radius 2 is 0.911 bits per heavy atom. The molecule has 22 nitrogen and oxygen atoms in total. The van der Waals surface area contributed by atoms with Crippen molar-refractivity contribution in [3.8, 4) is 0 Å². The third-order valence-corrected chi connectivity index (χ3v) is 11.9. The molecule has 2 aliphatic heterocycles. The van der Waals surface area contributed by atoms with E-state index in [4.69, 9.17) is 23.7 Å². The monoisotopic (exact) mass is 806 g/mol. The topological polar surface area (TPSA) is 374 Å². The van der Waals surface area contributed by atoms with Crippen molar-refractivity contribution in [2.45, 2.75) is 124 Å². The summed E-state index contributed by atoms with van der Waals surface area (Å²) in [6.07, 6.45) is -28.5. The number of hydrogen-bond acceptors (Lipinski definition) is 22. The van der Waals surface area contributed by atoms with Gasteiger partial charge in [0.05, 0.1) is 72.5 Å². The number of rotatable bonds is 4. The quantitative estimate of drug-likeness (QED) is 0.0927. The molecule has 16 unspecified atom stereocenters. The summed E-state index contributed by atoms with van der Waals surface area (Å²) in [6.45, 7) is -1.00. The molecule has 0 aromatic heterocycles. The van der Waals surface area contributed by atoms with Gasteiger partial charge in [0.2, 0.25) is 11.9 Å². The van der Waals surface area contributed by atoms with Gasteiger partial charge in [-0.1, -0.05) is 0 Å². The Morgan fingerprint density at radius 1 is 0.500 bits per heavy atom. The van der Waals surface area contributed by atoms with Crippen molar-refractivity contribution in [2.75, 3.05) is 6.61 Å². The van der Waals surface area contributed by atoms with Crippen LogP contribution in [0.1, 0.15) is 38.5 Å². The second kappa shape index (κ2) is 16.5. The number of aliphatic hydroxyl groups excluding tert-OH is 12. The molecule has 1 saturated heterocycles. The van der Waals surface area contributed by atoms with Crippen LogP contribution >= 0.6 is 0 Å². The fraction of sp³-hybridized carbons (Fsp3) is 0.794. The van der Waals surface area contributed by atoms with E-state index in [0.717, 1.165) is 0 Å². The van der Waals surface area contributed by atoms with Gasteiger partial charge in [-0.25, -0.2) is 4.79 Å². The molecule has 314 valence electrons. The van der Waals surface area contributed by atoms with Gasteiger partial charge in [-0.05, 0) is 38.5 Å². The third kappa shape index (κ3) is 7.89. The first-order valence-corrected chi connectivity index (χ1v) is 18.2. The number of aliphatic hydroxyl groups is 12. The standard InChI is InChI=1S/C34H46O22/c35-12-1-8(2-13(36)21(12)41)30(47)55-28-27-18(53-34(51)29(28)56-31(48)9-3-14(37)22(42)15(38)4-9)7-52-32(49)10-5-16(39)23(43)25(45)19(10)20-11(33(50)54-27)6-17(40)24(44)26(20)46/h8-27,35-46H,1-7H2. The number of esters is 5. The summed E-state index contributed by atoms with van der Waals surface area (Å²) in [5.74, 6) is -18.5. The van der Waals surface area contributed by atoms with Crippen LogP contribution in [-0.4, -0.2) is 183 Å². The molecule has 0 spiro atoms. The Labute approximate surface area is 316 Å². The summed E-state index contributed by atoms with van der Waals surface area (Å²) >= 11 is 0. The molecule has 16 atom stereocenters. The third-order valence-electron chi connectivity index (χ3n) is 11.9. The summed E-state index contributed by atoms with van der Waals surface area (Å²) in [5.41, 5.74) is 0. The van der Waals surface area contributed by atoms with Crippen LogP contribution in [0.4, 0.5) is 0 Å². The van der Waals surface area contributed by atoms with Crippen LogP contribution < -0.4 is 0 Å². The fourth-order valence-electron chi connectivity index (χ4n) is 8.77. The van der Waals surface area contributed by atoms with Crippen LogP contribution in [0.5, 0.6) is 0 Å². The van der Waals surface area contributed by atoms with Crippen LogP contribution in [0, 0.1) is 35.5 Å². The van der Waals surface area contributed by atoms with E-state index < -0.39 is 207 Å². The maximum Gasteiger partial charge on any atom is 0.378 e. The summed E-state index contributed by atoms with van der Waals surface area (Å²) in [5, 5.41) is 125. The van der Waals surface area contributed by atoms with Crippen molar-refractivity contribution in [3.63, 3.8) is 0 Å². The van der Waals surface area contributed by atoms with Gasteiger partial charge in [0.25, 0.3) is 5.76 Å². The van der Waals surface area contributed by atoms with E-state index in [0.29, 0.717) is 0 Å². The average Bonchev–Trinajstić information content (AvgIpc) is 3.16. The predicted molar refractivity (Wildman–Crippen MR) is 171 cm³/mol. The molecule has 12 N–H and O–H groups in total. The molecule has 22 heteroatoms. The molecule has 4 saturated carbocycles. The molecule has 2 heterocycles. The van der Waals surface area contributed by atoms with Crippen molar-refractivity contribution in [2.24, 2.45) is 35.5 Å². The number of carbonyl (C=O) groups excluding carboxylic acids is 5. The maximum absolute atomic E-state index is 14.2. The molecule has 5 fully saturated rings. The van der Waals surface area contributed by atoms with Gasteiger partial charge in [-0.15, -0.1) is 0 Å². The highest BCUT2D eigenvalue weighted by Crippen LogP contribution is 2.47. The van der Waals surface area contributed by atoms with Crippen LogP contribution in [-0.2, 0) is 47.7 Å². The zero-order valence-electron chi connectivity index (χ0n) is 29.4. The SMILES string of the molecule is O=C1OC2COC(=O)C3CC(O)C(O)C(O)C3C3C(CC(O)C(O)C3O)C(=O)OC2C(OC(=O)C2CC(O)C(O)C(O)C2)=C1OC(=O)C1CC(O)C(O)C(O)C1. The Kier molecular flexibility index (Phi) is 12.4. The van der Waals surface area contributed by atoms with Gasteiger partial charge in [-0.2, -0.15) is 0 Å². The lowest BCUT2D eigenvalue weighted by atomic mass is 9.59. The molecule has 0 aromatic rings. The number of cyclic esters (lactones) is 1. The Hall–Kier alpha value is -3.39. The van der Waals surface area contributed by atoms with Crippen molar-refractivity contribution in [3.05, 3.63) is 11.5 Å². The Bertz CT molecular complexity index is 1540. The molecule has 6 rings (SSSR count). The van der Waals surface area contributed by atoms with Gasteiger partial charge < -0.3 is 85.0 Å². The van der Waals surface area contributed by atoms with Gasteiger partial charge in [0.1, 0.15) is 31.0 Å². The molecule has 0 bridgehead atoms. The molecule has 56 heavy (non-hydrogen) atoms. The second-order valence-electron chi connectivity index (χ2n) is 15.5. The lowest BCUT2D eigenvalue weighted by molar-refractivity contribution is -0.210. The summed E-state index contributed by atoms with van der Waals surface area (Å²) in [6, 6.07) is 0. The minimum atomic E-state index is -2.17. The van der Waals surface area contributed by atoms with Gasteiger partial charge >= 0.3 is 29.8 Å². The number of ether oxygens (including phenoxy) is 5. The van der Waals surface area contributed by atoms with E-state index in [9.17, 15) is 85.3 Å². The van der Waals surface area contributed by atoms with Gasteiger partial charge in [0.15, 0.2) is 6.10 Å². The first-order valence-electron chi connectivity index (χ1n) is 18.2. The maximum atomic E-state index is 14.2. The van der Waals surface area contributed by atoms with Gasteiger partial charge in [0, 0.05) is 11.8 Å². The molecule has 0 radical (unpaired) electrons. The summed E-state index contributed by atoms with van der Waals surface area (Å²) in [7, 11) is 0. The minimum Gasteiger partial charge on any atom is -0.461 e. The minimum absolute atomic E-state index is 0.469. The van der Waals surface area contributed by atoms with Crippen LogP contribution in [0.3, 0.4) is 0 Å². The highest BCUT2D eigenvalue weighted by atomic mass is 16.7. The van der Waals surface area contributed by atoms with Crippen molar-refractivity contribution >= 4 is 29.8 Å². The van der Waals surface area contributed by atoms with E-state index in [2.05, 4.69) is 0 Å². The number of hydrogen-bond donors (Lipinski definition) is 12. The predicted octanol–water partition coefficient (Wildman–Crippen LogP) is -6.90. The lowest BCUT2D eigenvalue weighted by Gasteiger charge is -2.49. The lowest BCUT2D eigenvalue weighted by Crippen LogP contribution is -2.62. The zero-order chi connectivity index (χ0) is 41.1. The van der Waals surface area contributed by atoms with Crippen LogP contribution in [0.2, 0.25) is 0 Å². The number of carbonyl (C=O) groups is 5.